The van der Waals surface area contributed by atoms with E-state index in [1.54, 1.807) is 0 Å². The molecule has 0 aromatic heterocycles. The third-order valence-electron chi connectivity index (χ3n) is 11.8. The van der Waals surface area contributed by atoms with Gasteiger partial charge in [0.05, 0.1) is 0 Å². The maximum Gasteiger partial charge on any atom is 0.0467 e. The number of rotatable bonds is 16. The summed E-state index contributed by atoms with van der Waals surface area (Å²) >= 11 is 0. The van der Waals surface area contributed by atoms with Gasteiger partial charge < -0.3 is 9.80 Å². The number of hydrogen-bond donors (Lipinski definition) is 0. The first-order valence-corrected chi connectivity index (χ1v) is 22.7. The Morgan fingerprint density at radius 3 is 1.98 bits per heavy atom. The van der Waals surface area contributed by atoms with Crippen molar-refractivity contribution in [1.82, 2.24) is 0 Å². The summed E-state index contributed by atoms with van der Waals surface area (Å²) in [5.74, 6) is 0. The van der Waals surface area contributed by atoms with Crippen LogP contribution < -0.4 is 9.80 Å². The first kappa shape index (κ1) is 45.3. The van der Waals surface area contributed by atoms with Gasteiger partial charge in [-0.3, -0.25) is 0 Å². The SMILES string of the molecule is C=C/C=C\Cc1c(-c2cccc(N(c3ccc(C\C=C4/C=C\C=C/C(=C/C(C)=C/C)/C=C/4)cc3)c3ccc(-c4ccc(/C=C\C=C)c(C)c4)cc3)c2)cccc1N(CC)c1ccccc1. The van der Waals surface area contributed by atoms with Crippen molar-refractivity contribution >= 4 is 34.5 Å². The van der Waals surface area contributed by atoms with E-state index in [4.69, 9.17) is 0 Å². The summed E-state index contributed by atoms with van der Waals surface area (Å²) < 4.78 is 0. The molecular formula is C63H60N2. The average Bonchev–Trinajstić information content (AvgIpc) is 3.33. The molecule has 6 aromatic rings. The van der Waals surface area contributed by atoms with Crippen molar-refractivity contribution in [2.45, 2.75) is 40.5 Å². The summed E-state index contributed by atoms with van der Waals surface area (Å²) in [6.07, 6.45) is 33.2. The molecule has 0 saturated carbocycles. The van der Waals surface area contributed by atoms with Crippen LogP contribution in [0.25, 0.3) is 28.3 Å². The molecule has 0 amide bonds. The summed E-state index contributed by atoms with van der Waals surface area (Å²) in [5, 5.41) is 0. The van der Waals surface area contributed by atoms with E-state index in [0.29, 0.717) is 0 Å². The van der Waals surface area contributed by atoms with Gasteiger partial charge in [0.1, 0.15) is 0 Å². The molecule has 0 spiro atoms. The Labute approximate surface area is 388 Å². The molecule has 2 heteroatoms. The number of hydrogen-bond acceptors (Lipinski definition) is 2. The van der Waals surface area contributed by atoms with E-state index in [1.807, 2.05) is 24.3 Å². The van der Waals surface area contributed by atoms with Crippen molar-refractivity contribution in [3.8, 4) is 22.3 Å². The second kappa shape index (κ2) is 22.6. The van der Waals surface area contributed by atoms with Gasteiger partial charge in [-0.1, -0.05) is 195 Å². The zero-order valence-electron chi connectivity index (χ0n) is 38.4. The molecule has 0 aliphatic heterocycles. The van der Waals surface area contributed by atoms with E-state index < -0.39 is 0 Å². The molecule has 322 valence electrons. The Morgan fingerprint density at radius 1 is 0.600 bits per heavy atom. The maximum atomic E-state index is 3.96. The van der Waals surface area contributed by atoms with Gasteiger partial charge in [-0.2, -0.15) is 0 Å². The molecule has 0 bridgehead atoms. The molecule has 0 N–H and O–H groups in total. The molecule has 65 heavy (non-hydrogen) atoms. The fourth-order valence-corrected chi connectivity index (χ4v) is 8.20. The van der Waals surface area contributed by atoms with Crippen molar-refractivity contribution in [2.75, 3.05) is 16.3 Å². The lowest BCUT2D eigenvalue weighted by Gasteiger charge is -2.28. The molecule has 1 aliphatic carbocycles. The van der Waals surface area contributed by atoms with Crippen LogP contribution in [0.15, 0.2) is 254 Å². The first-order chi connectivity index (χ1) is 31.9. The highest BCUT2D eigenvalue weighted by atomic mass is 15.1. The number of anilines is 5. The van der Waals surface area contributed by atoms with Gasteiger partial charge in [0.2, 0.25) is 0 Å². The number of allylic oxidation sites excluding steroid dienone is 17. The Morgan fingerprint density at radius 2 is 1.28 bits per heavy atom. The van der Waals surface area contributed by atoms with Crippen LogP contribution in [0.2, 0.25) is 0 Å². The van der Waals surface area contributed by atoms with Crippen LogP contribution in [0.1, 0.15) is 43.0 Å². The highest BCUT2D eigenvalue weighted by molar-refractivity contribution is 5.84. The summed E-state index contributed by atoms with van der Waals surface area (Å²) in [6.45, 7) is 17.2. The molecule has 7 rings (SSSR count). The van der Waals surface area contributed by atoms with Crippen LogP contribution in [0.3, 0.4) is 0 Å². The van der Waals surface area contributed by atoms with Crippen LogP contribution >= 0.6 is 0 Å². The fraction of sp³-hybridized carbons (Fsp3) is 0.111. The smallest absolute Gasteiger partial charge is 0.0467 e. The molecule has 0 unspecified atom stereocenters. The Kier molecular flexibility index (Phi) is 15.8. The largest absolute Gasteiger partial charge is 0.342 e. The number of nitrogens with zero attached hydrogens (tertiary/aromatic N) is 2. The highest BCUT2D eigenvalue weighted by Gasteiger charge is 2.18. The van der Waals surface area contributed by atoms with E-state index in [0.717, 1.165) is 42.0 Å². The van der Waals surface area contributed by atoms with E-state index in [2.05, 4.69) is 257 Å². The van der Waals surface area contributed by atoms with Gasteiger partial charge in [0.25, 0.3) is 0 Å². The summed E-state index contributed by atoms with van der Waals surface area (Å²) in [7, 11) is 0. The molecule has 0 radical (unpaired) electrons. The van der Waals surface area contributed by atoms with Crippen LogP contribution in [0.5, 0.6) is 0 Å². The van der Waals surface area contributed by atoms with Crippen LogP contribution in [0, 0.1) is 6.92 Å². The van der Waals surface area contributed by atoms with Gasteiger partial charge >= 0.3 is 0 Å². The van der Waals surface area contributed by atoms with Gasteiger partial charge in [-0.15, -0.1) is 0 Å². The van der Waals surface area contributed by atoms with E-state index in [1.165, 1.54) is 67.0 Å². The van der Waals surface area contributed by atoms with Crippen molar-refractivity contribution in [3.63, 3.8) is 0 Å². The lowest BCUT2D eigenvalue weighted by Crippen LogP contribution is -2.18. The summed E-state index contributed by atoms with van der Waals surface area (Å²) in [6, 6.07) is 51.0. The van der Waals surface area contributed by atoms with Crippen LogP contribution in [-0.4, -0.2) is 6.54 Å². The summed E-state index contributed by atoms with van der Waals surface area (Å²) in [4.78, 5) is 4.78. The lowest BCUT2D eigenvalue weighted by atomic mass is 9.94. The molecule has 0 heterocycles. The Hall–Kier alpha value is -7.68. The number of para-hydroxylation sites is 1. The Balaban J connectivity index is 1.27. The van der Waals surface area contributed by atoms with Crippen LogP contribution in [-0.2, 0) is 12.8 Å². The van der Waals surface area contributed by atoms with Crippen molar-refractivity contribution in [3.05, 3.63) is 277 Å². The van der Waals surface area contributed by atoms with Gasteiger partial charge in [-0.05, 0) is 151 Å². The average molecular weight is 845 g/mol. The normalized spacial score (nSPS) is 15.5. The minimum Gasteiger partial charge on any atom is -0.342 e. The number of benzene rings is 6. The minimum absolute atomic E-state index is 0.773. The van der Waals surface area contributed by atoms with Gasteiger partial charge in [-0.25, -0.2) is 0 Å². The maximum absolute atomic E-state index is 3.96. The van der Waals surface area contributed by atoms with E-state index >= 15 is 0 Å². The third-order valence-corrected chi connectivity index (χ3v) is 11.8. The van der Waals surface area contributed by atoms with Gasteiger partial charge in [0.15, 0.2) is 0 Å². The summed E-state index contributed by atoms with van der Waals surface area (Å²) in [5.41, 5.74) is 18.9. The predicted octanol–water partition coefficient (Wildman–Crippen LogP) is 17.5. The Bertz CT molecular complexity index is 2840. The molecule has 6 aromatic carbocycles. The van der Waals surface area contributed by atoms with Crippen molar-refractivity contribution in [2.24, 2.45) is 0 Å². The van der Waals surface area contributed by atoms with Gasteiger partial charge in [0, 0.05) is 35.0 Å². The first-order valence-electron chi connectivity index (χ1n) is 22.7. The number of aryl methyl sites for hydroxylation is 1. The zero-order chi connectivity index (χ0) is 45.4. The van der Waals surface area contributed by atoms with Crippen LogP contribution in [0.4, 0.5) is 28.4 Å². The second-order valence-electron chi connectivity index (χ2n) is 16.2. The molecule has 2 nitrogen and oxygen atoms in total. The molecular weight excluding hydrogens is 785 g/mol. The highest BCUT2D eigenvalue weighted by Crippen LogP contribution is 2.41. The molecule has 0 saturated heterocycles. The zero-order valence-corrected chi connectivity index (χ0v) is 38.4. The fourth-order valence-electron chi connectivity index (χ4n) is 8.20. The standard InChI is InChI=1S/C63H60N2/c1-7-11-14-28-62-61(29-20-30-63(62)64(10-4)57-25-15-13-16-26-57)56-24-19-27-60(47-56)65(59-43-39-54(40-44-59)55-38-37-53(23-12-8-2)49(6)46-55)58-41-35-51(36-42-58)32-31-50-21-17-18-22-52(34-33-50)45-48(5)9-3/h7-9,11-27,29-31,33-47H,1-2,10,28,32H2,3-6H3/b14-11-,21-17-,22-18-,23-12-,34-33+,48-9+,50-31+,52-45-. The quantitative estimate of drug-likeness (QED) is 0.0896. The lowest BCUT2D eigenvalue weighted by molar-refractivity contribution is 1.01. The van der Waals surface area contributed by atoms with E-state index in [9.17, 15) is 0 Å². The predicted molar refractivity (Wildman–Crippen MR) is 285 cm³/mol. The minimum atomic E-state index is 0.773. The topological polar surface area (TPSA) is 6.48 Å². The van der Waals surface area contributed by atoms with Crippen molar-refractivity contribution in [1.29, 1.82) is 0 Å². The van der Waals surface area contributed by atoms with E-state index in [-0.39, 0.29) is 0 Å². The molecule has 0 fully saturated rings. The third kappa shape index (κ3) is 11.7. The second-order valence-corrected chi connectivity index (χ2v) is 16.2. The molecule has 1 aliphatic rings. The molecule has 0 atom stereocenters. The van der Waals surface area contributed by atoms with Crippen molar-refractivity contribution < 1.29 is 0 Å². The monoisotopic (exact) mass is 844 g/mol.